The highest BCUT2D eigenvalue weighted by molar-refractivity contribution is 5.94. The van der Waals surface area contributed by atoms with Crippen molar-refractivity contribution >= 4 is 11.6 Å². The van der Waals surface area contributed by atoms with Crippen LogP contribution in [0.15, 0.2) is 66.7 Å². The predicted octanol–water partition coefficient (Wildman–Crippen LogP) is 5.15. The number of halogens is 2. The lowest BCUT2D eigenvalue weighted by atomic mass is 10.1. The molecule has 2 saturated heterocycles. The average molecular weight is 531 g/mol. The van der Waals surface area contributed by atoms with E-state index >= 15 is 0 Å². The molecule has 0 spiro atoms. The molecule has 6 nitrogen and oxygen atoms in total. The predicted molar refractivity (Wildman–Crippen MR) is 145 cm³/mol. The molecule has 1 unspecified atom stereocenters. The lowest BCUT2D eigenvalue weighted by molar-refractivity contribution is 0.00339. The van der Waals surface area contributed by atoms with E-state index in [0.717, 1.165) is 30.3 Å². The number of benzene rings is 3. The van der Waals surface area contributed by atoms with Gasteiger partial charge in [0.1, 0.15) is 0 Å². The lowest BCUT2D eigenvalue weighted by Gasteiger charge is -2.36. The van der Waals surface area contributed by atoms with E-state index in [-0.39, 0.29) is 11.7 Å². The third-order valence-electron chi connectivity index (χ3n) is 7.51. The number of hydrogen-bond donors (Lipinski definition) is 0. The summed E-state index contributed by atoms with van der Waals surface area (Å²) in [5, 5.41) is 9.09. The summed E-state index contributed by atoms with van der Waals surface area (Å²) in [6, 6.07) is 21.8. The number of piperazine rings is 1. The van der Waals surface area contributed by atoms with Crippen LogP contribution in [0, 0.1) is 23.0 Å². The van der Waals surface area contributed by atoms with Gasteiger partial charge in [0.05, 0.1) is 29.9 Å². The molecular formula is C31H32F2N4O2. The molecule has 3 aromatic carbocycles. The zero-order valence-electron chi connectivity index (χ0n) is 21.9. The molecule has 0 N–H and O–H groups in total. The quantitative estimate of drug-likeness (QED) is 0.403. The fraction of sp³-hybridized carbons (Fsp3) is 0.355. The van der Waals surface area contributed by atoms with Gasteiger partial charge in [-0.2, -0.15) is 5.26 Å². The van der Waals surface area contributed by atoms with Gasteiger partial charge in [0, 0.05) is 51.5 Å². The van der Waals surface area contributed by atoms with Crippen molar-refractivity contribution in [2.24, 2.45) is 0 Å². The summed E-state index contributed by atoms with van der Waals surface area (Å²) < 4.78 is 34.3. The Labute approximate surface area is 228 Å². The van der Waals surface area contributed by atoms with Gasteiger partial charge in [-0.05, 0) is 60.4 Å². The largest absolute Gasteiger partial charge is 0.372 e. The van der Waals surface area contributed by atoms with Crippen LogP contribution in [0.25, 0.3) is 0 Å². The fourth-order valence-corrected chi connectivity index (χ4v) is 5.23. The Morgan fingerprint density at radius 3 is 2.36 bits per heavy atom. The molecule has 39 heavy (non-hydrogen) atoms. The second-order valence-corrected chi connectivity index (χ2v) is 10.1. The maximum Gasteiger partial charge on any atom is 0.257 e. The molecule has 2 heterocycles. The molecule has 0 radical (unpaired) electrons. The smallest absolute Gasteiger partial charge is 0.257 e. The minimum Gasteiger partial charge on any atom is -0.372 e. The minimum atomic E-state index is -1.10. The Morgan fingerprint density at radius 2 is 1.64 bits per heavy atom. The number of hydrogen-bond acceptors (Lipinski definition) is 5. The van der Waals surface area contributed by atoms with Gasteiger partial charge in [-0.25, -0.2) is 8.78 Å². The third-order valence-corrected chi connectivity index (χ3v) is 7.51. The van der Waals surface area contributed by atoms with Gasteiger partial charge >= 0.3 is 0 Å². The van der Waals surface area contributed by atoms with E-state index in [9.17, 15) is 13.6 Å². The van der Waals surface area contributed by atoms with Crippen molar-refractivity contribution in [2.45, 2.75) is 25.6 Å². The first-order valence-corrected chi connectivity index (χ1v) is 13.4. The van der Waals surface area contributed by atoms with Crippen molar-refractivity contribution < 1.29 is 18.3 Å². The van der Waals surface area contributed by atoms with Crippen LogP contribution in [-0.2, 0) is 11.3 Å². The van der Waals surface area contributed by atoms with Crippen molar-refractivity contribution in [1.82, 2.24) is 9.80 Å². The number of ether oxygens (including phenoxy) is 1. The first kappa shape index (κ1) is 26.8. The second kappa shape index (κ2) is 12.4. The lowest BCUT2D eigenvalue weighted by Crippen LogP contribution is -2.49. The maximum absolute atomic E-state index is 14.2. The molecule has 1 amide bonds. The number of nitriles is 1. The van der Waals surface area contributed by atoms with Crippen LogP contribution in [0.3, 0.4) is 0 Å². The number of anilines is 1. The summed E-state index contributed by atoms with van der Waals surface area (Å²) in [7, 11) is 0. The molecule has 0 aromatic heterocycles. The van der Waals surface area contributed by atoms with E-state index < -0.39 is 17.5 Å². The third kappa shape index (κ3) is 6.44. The highest BCUT2D eigenvalue weighted by Crippen LogP contribution is 2.28. The Hall–Kier alpha value is -3.80. The number of carbonyl (C=O) groups is 1. The fourth-order valence-electron chi connectivity index (χ4n) is 5.23. The Morgan fingerprint density at radius 1 is 0.923 bits per heavy atom. The first-order valence-electron chi connectivity index (χ1n) is 13.4. The van der Waals surface area contributed by atoms with Crippen molar-refractivity contribution in [3.05, 3.63) is 101 Å². The van der Waals surface area contributed by atoms with Crippen molar-refractivity contribution in [3.8, 4) is 6.07 Å². The van der Waals surface area contributed by atoms with E-state index in [1.54, 1.807) is 17.0 Å². The molecule has 2 fully saturated rings. The van der Waals surface area contributed by atoms with Crippen LogP contribution < -0.4 is 4.90 Å². The van der Waals surface area contributed by atoms with Crippen molar-refractivity contribution in [2.75, 3.05) is 50.7 Å². The highest BCUT2D eigenvalue weighted by Gasteiger charge is 2.27. The maximum atomic E-state index is 14.2. The van der Waals surface area contributed by atoms with Crippen LogP contribution >= 0.6 is 0 Å². The van der Waals surface area contributed by atoms with E-state index in [4.69, 9.17) is 10.00 Å². The molecule has 1 atom stereocenters. The van der Waals surface area contributed by atoms with Crippen LogP contribution in [0.1, 0.15) is 46.0 Å². The van der Waals surface area contributed by atoms with E-state index in [1.807, 2.05) is 12.1 Å². The summed E-state index contributed by atoms with van der Waals surface area (Å²) in [4.78, 5) is 19.1. The van der Waals surface area contributed by atoms with Gasteiger partial charge in [0.15, 0.2) is 11.6 Å². The first-order chi connectivity index (χ1) is 19.0. The standard InChI is InChI=1S/C31H32F2N4O2/c32-28-8-4-7-27(30(28)33)31(38)37-17-15-35(16-18-37)21-29(39-22-24-11-9-23(20-34)10-12-24)25-5-3-6-26(19-25)36-13-1-2-14-36/h3-12,19,29H,1-2,13-18,21-22H2. The van der Waals surface area contributed by atoms with E-state index in [1.165, 1.54) is 30.7 Å². The molecular weight excluding hydrogens is 498 g/mol. The molecule has 202 valence electrons. The van der Waals surface area contributed by atoms with Crippen molar-refractivity contribution in [1.29, 1.82) is 5.26 Å². The van der Waals surface area contributed by atoms with Gasteiger partial charge in [-0.15, -0.1) is 0 Å². The van der Waals surface area contributed by atoms with Gasteiger partial charge in [-0.1, -0.05) is 30.3 Å². The SMILES string of the molecule is N#Cc1ccc(COC(CN2CCN(C(=O)c3cccc(F)c3F)CC2)c2cccc(N3CCCC3)c2)cc1. The molecule has 5 rings (SSSR count). The summed E-state index contributed by atoms with van der Waals surface area (Å²) in [6.07, 6.45) is 2.20. The minimum absolute atomic E-state index is 0.203. The van der Waals surface area contributed by atoms with Gasteiger partial charge in [-0.3, -0.25) is 9.69 Å². The molecule has 0 aliphatic carbocycles. The Bertz CT molecular complexity index is 1330. The summed E-state index contributed by atoms with van der Waals surface area (Å²) in [6.45, 7) is 5.20. The zero-order valence-corrected chi connectivity index (χ0v) is 21.9. The second-order valence-electron chi connectivity index (χ2n) is 10.1. The Balaban J connectivity index is 1.27. The summed E-state index contributed by atoms with van der Waals surface area (Å²) in [5.41, 5.74) is 3.66. The normalized spacial score (nSPS) is 16.7. The Kier molecular flexibility index (Phi) is 8.50. The number of rotatable bonds is 8. The van der Waals surface area contributed by atoms with Crippen LogP contribution in [0.5, 0.6) is 0 Å². The van der Waals surface area contributed by atoms with E-state index in [0.29, 0.717) is 44.9 Å². The number of nitrogens with zero attached hydrogens (tertiary/aromatic N) is 4. The van der Waals surface area contributed by atoms with Crippen LogP contribution in [-0.4, -0.2) is 61.5 Å². The van der Waals surface area contributed by atoms with Crippen molar-refractivity contribution in [3.63, 3.8) is 0 Å². The molecule has 3 aromatic rings. The molecule has 2 aliphatic heterocycles. The molecule has 0 bridgehead atoms. The average Bonchev–Trinajstić information content (AvgIpc) is 3.52. The van der Waals surface area contributed by atoms with Crippen LogP contribution in [0.2, 0.25) is 0 Å². The monoisotopic (exact) mass is 530 g/mol. The highest BCUT2D eigenvalue weighted by atomic mass is 19.2. The van der Waals surface area contributed by atoms with E-state index in [2.05, 4.69) is 40.1 Å². The molecule has 0 saturated carbocycles. The van der Waals surface area contributed by atoms with Gasteiger partial charge in [0.25, 0.3) is 5.91 Å². The molecule has 2 aliphatic rings. The number of carbonyl (C=O) groups excluding carboxylic acids is 1. The van der Waals surface area contributed by atoms with Gasteiger partial charge in [0.2, 0.25) is 0 Å². The summed E-state index contributed by atoms with van der Waals surface area (Å²) >= 11 is 0. The topological polar surface area (TPSA) is 59.8 Å². The summed E-state index contributed by atoms with van der Waals surface area (Å²) in [5.74, 6) is -2.60. The zero-order chi connectivity index (χ0) is 27.2. The van der Waals surface area contributed by atoms with Crippen LogP contribution in [0.4, 0.5) is 14.5 Å². The number of amides is 1. The van der Waals surface area contributed by atoms with Gasteiger partial charge < -0.3 is 14.5 Å². The molecule has 8 heteroatoms.